The van der Waals surface area contributed by atoms with Gasteiger partial charge in [0.1, 0.15) is 18.0 Å². The molecule has 1 heterocycles. The number of anilines is 2. The van der Waals surface area contributed by atoms with Gasteiger partial charge in [0.25, 0.3) is 0 Å². The Morgan fingerprint density at radius 2 is 2.45 bits per heavy atom. The molecule has 0 aromatic carbocycles. The van der Waals surface area contributed by atoms with Gasteiger partial charge in [-0.3, -0.25) is 0 Å². The Kier molecular flexibility index (Phi) is 2.43. The SMILES string of the molecule is C=CCNc1cc(N)ncn1. The lowest BCUT2D eigenvalue weighted by molar-refractivity contribution is 1.15. The van der Waals surface area contributed by atoms with Crippen molar-refractivity contribution in [1.82, 2.24) is 9.97 Å². The van der Waals surface area contributed by atoms with Crippen molar-refractivity contribution in [3.05, 3.63) is 25.0 Å². The molecule has 1 aromatic rings. The summed E-state index contributed by atoms with van der Waals surface area (Å²) in [5, 5.41) is 2.99. The van der Waals surface area contributed by atoms with Gasteiger partial charge >= 0.3 is 0 Å². The Morgan fingerprint density at radius 3 is 3.09 bits per heavy atom. The zero-order valence-corrected chi connectivity index (χ0v) is 6.12. The van der Waals surface area contributed by atoms with E-state index < -0.39 is 0 Å². The molecule has 0 fully saturated rings. The van der Waals surface area contributed by atoms with E-state index in [1.54, 1.807) is 12.1 Å². The van der Waals surface area contributed by atoms with Crippen molar-refractivity contribution in [2.45, 2.75) is 0 Å². The van der Waals surface area contributed by atoms with Gasteiger partial charge in [-0.15, -0.1) is 6.58 Å². The third kappa shape index (κ3) is 2.25. The van der Waals surface area contributed by atoms with Gasteiger partial charge in [-0.25, -0.2) is 9.97 Å². The van der Waals surface area contributed by atoms with Crippen molar-refractivity contribution < 1.29 is 0 Å². The summed E-state index contributed by atoms with van der Waals surface area (Å²) in [5.41, 5.74) is 5.41. The fraction of sp³-hybridized carbons (Fsp3) is 0.143. The summed E-state index contributed by atoms with van der Waals surface area (Å²) in [4.78, 5) is 7.68. The van der Waals surface area contributed by atoms with E-state index in [0.29, 0.717) is 12.4 Å². The van der Waals surface area contributed by atoms with Crippen LogP contribution in [0.15, 0.2) is 25.0 Å². The molecule has 0 spiro atoms. The molecule has 0 aliphatic rings. The second-order valence-corrected chi connectivity index (χ2v) is 2.00. The van der Waals surface area contributed by atoms with E-state index in [1.165, 1.54) is 6.33 Å². The summed E-state index contributed by atoms with van der Waals surface area (Å²) in [6.45, 7) is 4.24. The molecule has 1 aromatic heterocycles. The number of nitrogens with zero attached hydrogens (tertiary/aromatic N) is 2. The van der Waals surface area contributed by atoms with Gasteiger partial charge in [-0.05, 0) is 0 Å². The maximum Gasteiger partial charge on any atom is 0.131 e. The molecule has 11 heavy (non-hydrogen) atoms. The Bertz CT molecular complexity index is 246. The molecular formula is C7H10N4. The fourth-order valence-electron chi connectivity index (χ4n) is 0.646. The van der Waals surface area contributed by atoms with Crippen molar-refractivity contribution >= 4 is 11.6 Å². The smallest absolute Gasteiger partial charge is 0.131 e. The summed E-state index contributed by atoms with van der Waals surface area (Å²) in [6.07, 6.45) is 3.17. The molecule has 0 saturated carbocycles. The minimum atomic E-state index is 0.464. The zero-order valence-electron chi connectivity index (χ0n) is 6.12. The number of hydrogen-bond donors (Lipinski definition) is 2. The predicted octanol–water partition coefficient (Wildman–Crippen LogP) is 0.657. The number of rotatable bonds is 3. The molecule has 0 radical (unpaired) electrons. The van der Waals surface area contributed by atoms with Crippen LogP contribution in [-0.4, -0.2) is 16.5 Å². The normalized spacial score (nSPS) is 9.09. The first-order valence-electron chi connectivity index (χ1n) is 3.25. The standard InChI is InChI=1S/C7H10N4/c1-2-3-9-7-4-6(8)10-5-11-7/h2,4-5H,1,3H2,(H3,8,9,10,11). The van der Waals surface area contributed by atoms with Gasteiger partial charge in [0.05, 0.1) is 0 Å². The molecular weight excluding hydrogens is 140 g/mol. The molecule has 1 rings (SSSR count). The molecule has 0 saturated heterocycles. The highest BCUT2D eigenvalue weighted by Gasteiger charge is 1.90. The summed E-state index contributed by atoms with van der Waals surface area (Å²) in [5.74, 6) is 1.18. The van der Waals surface area contributed by atoms with Crippen molar-refractivity contribution in [2.75, 3.05) is 17.6 Å². The monoisotopic (exact) mass is 150 g/mol. The van der Waals surface area contributed by atoms with E-state index in [4.69, 9.17) is 5.73 Å². The Morgan fingerprint density at radius 1 is 1.64 bits per heavy atom. The summed E-state index contributed by atoms with van der Waals surface area (Å²) in [7, 11) is 0. The lowest BCUT2D eigenvalue weighted by atomic mass is 10.5. The maximum absolute atomic E-state index is 5.41. The lowest BCUT2D eigenvalue weighted by Gasteiger charge is -2.00. The highest BCUT2D eigenvalue weighted by atomic mass is 15.0. The summed E-state index contributed by atoms with van der Waals surface area (Å²) in [6, 6.07) is 1.67. The first-order valence-corrected chi connectivity index (χ1v) is 3.25. The number of hydrogen-bond acceptors (Lipinski definition) is 4. The van der Waals surface area contributed by atoms with Gasteiger partial charge in [0.2, 0.25) is 0 Å². The van der Waals surface area contributed by atoms with Crippen LogP contribution in [0.1, 0.15) is 0 Å². The van der Waals surface area contributed by atoms with Crippen LogP contribution in [0.5, 0.6) is 0 Å². The van der Waals surface area contributed by atoms with E-state index in [9.17, 15) is 0 Å². The van der Waals surface area contributed by atoms with E-state index in [2.05, 4.69) is 21.9 Å². The highest BCUT2D eigenvalue weighted by Crippen LogP contribution is 2.03. The predicted molar refractivity (Wildman–Crippen MR) is 45.1 cm³/mol. The quantitative estimate of drug-likeness (QED) is 0.621. The van der Waals surface area contributed by atoms with Crippen molar-refractivity contribution in [3.8, 4) is 0 Å². The number of nitrogens with one attached hydrogen (secondary N) is 1. The fourth-order valence-corrected chi connectivity index (χ4v) is 0.646. The molecule has 0 unspecified atom stereocenters. The molecule has 3 N–H and O–H groups in total. The van der Waals surface area contributed by atoms with Crippen LogP contribution in [0.2, 0.25) is 0 Å². The number of nitrogens with two attached hydrogens (primary N) is 1. The topological polar surface area (TPSA) is 63.8 Å². The Hall–Kier alpha value is -1.58. The second kappa shape index (κ2) is 3.55. The maximum atomic E-state index is 5.41. The van der Waals surface area contributed by atoms with Crippen LogP contribution in [0.25, 0.3) is 0 Å². The van der Waals surface area contributed by atoms with Crippen LogP contribution in [-0.2, 0) is 0 Å². The van der Waals surface area contributed by atoms with Crippen LogP contribution >= 0.6 is 0 Å². The van der Waals surface area contributed by atoms with Gasteiger partial charge in [-0.1, -0.05) is 6.08 Å². The average molecular weight is 150 g/mol. The van der Waals surface area contributed by atoms with Gasteiger partial charge in [0, 0.05) is 12.6 Å². The first-order chi connectivity index (χ1) is 5.33. The van der Waals surface area contributed by atoms with Crippen LogP contribution in [0.3, 0.4) is 0 Å². The second-order valence-electron chi connectivity index (χ2n) is 2.00. The largest absolute Gasteiger partial charge is 0.384 e. The molecule has 4 heteroatoms. The highest BCUT2D eigenvalue weighted by molar-refractivity contribution is 5.43. The summed E-state index contributed by atoms with van der Waals surface area (Å²) >= 11 is 0. The van der Waals surface area contributed by atoms with Crippen molar-refractivity contribution in [3.63, 3.8) is 0 Å². The average Bonchev–Trinajstić information content (AvgIpc) is 2.01. The van der Waals surface area contributed by atoms with E-state index in [0.717, 1.165) is 5.82 Å². The van der Waals surface area contributed by atoms with Crippen molar-refractivity contribution in [1.29, 1.82) is 0 Å². The Labute approximate surface area is 65.2 Å². The first kappa shape index (κ1) is 7.53. The molecule has 4 nitrogen and oxygen atoms in total. The lowest BCUT2D eigenvalue weighted by Crippen LogP contribution is -2.01. The van der Waals surface area contributed by atoms with Gasteiger partial charge < -0.3 is 11.1 Å². The van der Waals surface area contributed by atoms with E-state index in [-0.39, 0.29) is 0 Å². The molecule has 58 valence electrons. The van der Waals surface area contributed by atoms with Crippen LogP contribution in [0.4, 0.5) is 11.6 Å². The third-order valence-corrected chi connectivity index (χ3v) is 1.12. The molecule has 0 amide bonds. The van der Waals surface area contributed by atoms with E-state index >= 15 is 0 Å². The number of nitrogen functional groups attached to an aromatic ring is 1. The van der Waals surface area contributed by atoms with Gasteiger partial charge in [0.15, 0.2) is 0 Å². The molecule has 0 atom stereocenters. The van der Waals surface area contributed by atoms with Gasteiger partial charge in [-0.2, -0.15) is 0 Å². The van der Waals surface area contributed by atoms with Crippen LogP contribution in [0, 0.1) is 0 Å². The Balaban J connectivity index is 2.63. The molecule has 0 aliphatic carbocycles. The minimum Gasteiger partial charge on any atom is -0.384 e. The van der Waals surface area contributed by atoms with Crippen molar-refractivity contribution in [2.24, 2.45) is 0 Å². The third-order valence-electron chi connectivity index (χ3n) is 1.12. The molecule has 0 aliphatic heterocycles. The van der Waals surface area contributed by atoms with E-state index in [1.807, 2.05) is 0 Å². The van der Waals surface area contributed by atoms with Crippen LogP contribution < -0.4 is 11.1 Å². The summed E-state index contributed by atoms with van der Waals surface area (Å²) < 4.78 is 0. The zero-order chi connectivity index (χ0) is 8.10. The number of aromatic nitrogens is 2. The molecule has 0 bridgehead atoms. The minimum absolute atomic E-state index is 0.464.